The molecule has 0 spiro atoms. The van der Waals surface area contributed by atoms with Crippen LogP contribution in [0.2, 0.25) is 0 Å². The number of nitrogens with one attached hydrogen (secondary N) is 1. The Kier molecular flexibility index (Phi) is 7.47. The van der Waals surface area contributed by atoms with E-state index in [4.69, 9.17) is 0 Å². The summed E-state index contributed by atoms with van der Waals surface area (Å²) >= 11 is 0. The van der Waals surface area contributed by atoms with Gasteiger partial charge >= 0.3 is 0 Å². The van der Waals surface area contributed by atoms with E-state index in [9.17, 15) is 4.79 Å². The van der Waals surface area contributed by atoms with Gasteiger partial charge in [-0.05, 0) is 31.8 Å². The average Bonchev–Trinajstić information content (AvgIpc) is 1.96. The van der Waals surface area contributed by atoms with E-state index in [1.807, 2.05) is 0 Å². The van der Waals surface area contributed by atoms with Crippen LogP contribution < -0.4 is 5.32 Å². The lowest BCUT2D eigenvalue weighted by molar-refractivity contribution is -0.107. The molecule has 0 saturated heterocycles. The third kappa shape index (κ3) is 9.63. The summed E-state index contributed by atoms with van der Waals surface area (Å²) in [5.41, 5.74) is 0. The molecule has 0 rings (SSSR count). The number of rotatable bonds is 7. The van der Waals surface area contributed by atoms with Crippen LogP contribution in [0, 0.1) is 5.92 Å². The van der Waals surface area contributed by atoms with Gasteiger partial charge in [0.1, 0.15) is 6.29 Å². The second-order valence-corrected chi connectivity index (χ2v) is 3.26. The van der Waals surface area contributed by atoms with E-state index in [1.54, 1.807) is 0 Å². The molecule has 0 aromatic carbocycles. The molecule has 1 N–H and O–H groups in total. The lowest BCUT2D eigenvalue weighted by atomic mass is 10.2. The van der Waals surface area contributed by atoms with Crippen molar-refractivity contribution in [1.29, 1.82) is 0 Å². The average molecular weight is 157 g/mol. The Labute approximate surface area is 69.4 Å². The Hall–Kier alpha value is -0.370. The SMILES string of the molecule is CC(C)CNCCCCC=O. The molecule has 0 aromatic heterocycles. The molecule has 0 aliphatic heterocycles. The first kappa shape index (κ1) is 10.6. The minimum atomic E-state index is 0.712. The van der Waals surface area contributed by atoms with Crippen LogP contribution >= 0.6 is 0 Å². The van der Waals surface area contributed by atoms with Gasteiger partial charge < -0.3 is 10.1 Å². The summed E-state index contributed by atoms with van der Waals surface area (Å²) in [6, 6.07) is 0. The summed E-state index contributed by atoms with van der Waals surface area (Å²) in [6.45, 7) is 6.52. The zero-order chi connectivity index (χ0) is 8.53. The minimum absolute atomic E-state index is 0.712. The quantitative estimate of drug-likeness (QED) is 0.449. The fourth-order valence-electron chi connectivity index (χ4n) is 0.868. The van der Waals surface area contributed by atoms with Gasteiger partial charge in [-0.15, -0.1) is 0 Å². The first-order valence-corrected chi connectivity index (χ1v) is 4.41. The standard InChI is InChI=1S/C9H19NO/c1-9(2)8-10-6-4-3-5-7-11/h7,9-10H,3-6,8H2,1-2H3. The summed E-state index contributed by atoms with van der Waals surface area (Å²) < 4.78 is 0. The number of hydrogen-bond acceptors (Lipinski definition) is 2. The van der Waals surface area contributed by atoms with Gasteiger partial charge in [-0.2, -0.15) is 0 Å². The molecule has 0 atom stereocenters. The van der Waals surface area contributed by atoms with Crippen molar-refractivity contribution in [3.63, 3.8) is 0 Å². The summed E-state index contributed by atoms with van der Waals surface area (Å²) in [6.07, 6.45) is 3.84. The van der Waals surface area contributed by atoms with Crippen molar-refractivity contribution in [3.05, 3.63) is 0 Å². The molecule has 11 heavy (non-hydrogen) atoms. The topological polar surface area (TPSA) is 29.1 Å². The van der Waals surface area contributed by atoms with Crippen molar-refractivity contribution < 1.29 is 4.79 Å². The molecule has 0 amide bonds. The Bertz CT molecular complexity index is 91.6. The van der Waals surface area contributed by atoms with Gasteiger partial charge in [-0.3, -0.25) is 0 Å². The maximum atomic E-state index is 9.93. The Morgan fingerprint density at radius 3 is 2.64 bits per heavy atom. The third-order valence-corrected chi connectivity index (χ3v) is 1.48. The molecule has 0 unspecified atom stereocenters. The van der Waals surface area contributed by atoms with Gasteiger partial charge in [0, 0.05) is 6.42 Å². The second-order valence-electron chi connectivity index (χ2n) is 3.26. The fourth-order valence-corrected chi connectivity index (χ4v) is 0.868. The molecule has 0 aliphatic rings. The van der Waals surface area contributed by atoms with Crippen LogP contribution in [-0.2, 0) is 4.79 Å². The number of hydrogen-bond donors (Lipinski definition) is 1. The Morgan fingerprint density at radius 2 is 2.09 bits per heavy atom. The van der Waals surface area contributed by atoms with Crippen molar-refractivity contribution in [2.45, 2.75) is 33.1 Å². The van der Waals surface area contributed by atoms with Crippen molar-refractivity contribution >= 4 is 6.29 Å². The van der Waals surface area contributed by atoms with Gasteiger partial charge in [0.25, 0.3) is 0 Å². The largest absolute Gasteiger partial charge is 0.316 e. The van der Waals surface area contributed by atoms with Crippen LogP contribution in [0.3, 0.4) is 0 Å². The highest BCUT2D eigenvalue weighted by Crippen LogP contribution is 1.91. The van der Waals surface area contributed by atoms with E-state index in [0.717, 1.165) is 38.1 Å². The van der Waals surface area contributed by atoms with Gasteiger partial charge in [-0.25, -0.2) is 0 Å². The Balaban J connectivity index is 2.85. The minimum Gasteiger partial charge on any atom is -0.316 e. The Morgan fingerprint density at radius 1 is 1.36 bits per heavy atom. The van der Waals surface area contributed by atoms with E-state index < -0.39 is 0 Å². The lowest BCUT2D eigenvalue weighted by Gasteiger charge is -2.05. The van der Waals surface area contributed by atoms with Crippen molar-refractivity contribution in [2.75, 3.05) is 13.1 Å². The highest BCUT2D eigenvalue weighted by Gasteiger charge is 1.91. The molecule has 0 aromatic rings. The smallest absolute Gasteiger partial charge is 0.119 e. The van der Waals surface area contributed by atoms with Crippen LogP contribution in [0.15, 0.2) is 0 Å². The fraction of sp³-hybridized carbons (Fsp3) is 0.889. The molecule has 0 fully saturated rings. The van der Waals surface area contributed by atoms with E-state index in [2.05, 4.69) is 19.2 Å². The van der Waals surface area contributed by atoms with E-state index >= 15 is 0 Å². The summed E-state index contributed by atoms with van der Waals surface area (Å²) in [7, 11) is 0. The van der Waals surface area contributed by atoms with Gasteiger partial charge in [-0.1, -0.05) is 13.8 Å². The van der Waals surface area contributed by atoms with Gasteiger partial charge in [0.2, 0.25) is 0 Å². The summed E-state index contributed by atoms with van der Waals surface area (Å²) in [4.78, 5) is 9.93. The predicted octanol–water partition coefficient (Wildman–Crippen LogP) is 1.60. The second kappa shape index (κ2) is 7.73. The van der Waals surface area contributed by atoms with Crippen LogP contribution in [0.5, 0.6) is 0 Å². The number of aldehydes is 1. The molecular formula is C9H19NO. The zero-order valence-corrected chi connectivity index (χ0v) is 7.60. The molecule has 0 saturated carbocycles. The maximum Gasteiger partial charge on any atom is 0.119 e. The summed E-state index contributed by atoms with van der Waals surface area (Å²) in [5, 5.41) is 3.33. The molecule has 0 heterocycles. The number of unbranched alkanes of at least 4 members (excludes halogenated alkanes) is 2. The molecule has 2 heteroatoms. The highest BCUT2D eigenvalue weighted by atomic mass is 16.1. The third-order valence-electron chi connectivity index (χ3n) is 1.48. The normalized spacial score (nSPS) is 10.5. The molecule has 66 valence electrons. The molecular weight excluding hydrogens is 138 g/mol. The zero-order valence-electron chi connectivity index (χ0n) is 7.60. The predicted molar refractivity (Wildman–Crippen MR) is 47.6 cm³/mol. The first-order valence-electron chi connectivity index (χ1n) is 4.41. The van der Waals surface area contributed by atoms with E-state index in [1.165, 1.54) is 0 Å². The summed E-state index contributed by atoms with van der Waals surface area (Å²) in [5.74, 6) is 0.723. The monoisotopic (exact) mass is 157 g/mol. The molecule has 0 aliphatic carbocycles. The van der Waals surface area contributed by atoms with Crippen LogP contribution in [0.4, 0.5) is 0 Å². The van der Waals surface area contributed by atoms with Crippen molar-refractivity contribution in [2.24, 2.45) is 5.92 Å². The van der Waals surface area contributed by atoms with Crippen LogP contribution in [0.1, 0.15) is 33.1 Å². The van der Waals surface area contributed by atoms with Gasteiger partial charge in [0.05, 0.1) is 0 Å². The van der Waals surface area contributed by atoms with Crippen LogP contribution in [0.25, 0.3) is 0 Å². The van der Waals surface area contributed by atoms with E-state index in [0.29, 0.717) is 6.42 Å². The molecule has 0 bridgehead atoms. The first-order chi connectivity index (χ1) is 5.27. The number of carbonyl (C=O) groups is 1. The lowest BCUT2D eigenvalue weighted by Crippen LogP contribution is -2.20. The number of carbonyl (C=O) groups excluding carboxylic acids is 1. The molecule has 0 radical (unpaired) electrons. The van der Waals surface area contributed by atoms with Crippen molar-refractivity contribution in [1.82, 2.24) is 5.32 Å². The van der Waals surface area contributed by atoms with Gasteiger partial charge in [0.15, 0.2) is 0 Å². The van der Waals surface area contributed by atoms with Crippen LogP contribution in [-0.4, -0.2) is 19.4 Å². The maximum absolute atomic E-state index is 9.93. The highest BCUT2D eigenvalue weighted by molar-refractivity contribution is 5.48. The van der Waals surface area contributed by atoms with Crippen molar-refractivity contribution in [3.8, 4) is 0 Å². The van der Waals surface area contributed by atoms with E-state index in [-0.39, 0.29) is 0 Å². The molecule has 2 nitrogen and oxygen atoms in total.